The number of benzene rings is 2. The van der Waals surface area contributed by atoms with Gasteiger partial charge in [0, 0.05) is 18.6 Å². The van der Waals surface area contributed by atoms with E-state index in [-0.39, 0.29) is 41.2 Å². The van der Waals surface area contributed by atoms with E-state index in [2.05, 4.69) is 15.5 Å². The number of azo groups is 1. The van der Waals surface area contributed by atoms with E-state index in [9.17, 15) is 24.3 Å². The van der Waals surface area contributed by atoms with Crippen molar-refractivity contribution in [2.24, 2.45) is 10.2 Å². The van der Waals surface area contributed by atoms with Gasteiger partial charge >= 0.3 is 0 Å². The van der Waals surface area contributed by atoms with Crippen LogP contribution in [0.1, 0.15) is 33.6 Å². The van der Waals surface area contributed by atoms with Gasteiger partial charge in [-0.05, 0) is 24.6 Å². The molecule has 1 unspecified atom stereocenters. The van der Waals surface area contributed by atoms with E-state index >= 15 is 0 Å². The van der Waals surface area contributed by atoms with Crippen molar-refractivity contribution in [3.63, 3.8) is 0 Å². The highest BCUT2D eigenvalue weighted by atomic mass is 16.5. The number of hydrogen-bond acceptors (Lipinski definition) is 9. The number of hydrogen-bond donors (Lipinski definition) is 2. The van der Waals surface area contributed by atoms with Crippen molar-refractivity contribution in [2.75, 3.05) is 14.2 Å². The Kier molecular flexibility index (Phi) is 5.31. The van der Waals surface area contributed by atoms with Crippen LogP contribution in [0.2, 0.25) is 0 Å². The van der Waals surface area contributed by atoms with Crippen LogP contribution in [-0.4, -0.2) is 53.9 Å². The number of fused-ring (bicyclic) bond motifs is 1. The zero-order valence-corrected chi connectivity index (χ0v) is 17.1. The number of carbonyl (C=O) groups excluding carboxylic acids is 4. The van der Waals surface area contributed by atoms with Crippen LogP contribution in [-0.2, 0) is 9.59 Å². The van der Waals surface area contributed by atoms with E-state index in [4.69, 9.17) is 9.47 Å². The Bertz CT molecular complexity index is 1170. The van der Waals surface area contributed by atoms with Crippen LogP contribution in [0, 0.1) is 0 Å². The molecule has 4 rings (SSSR count). The molecule has 2 aromatic carbocycles. The predicted octanol–water partition coefficient (Wildman–Crippen LogP) is 2.23. The maximum atomic E-state index is 12.9. The minimum atomic E-state index is -1.04. The fraction of sp³-hybridized carbons (Fsp3) is 0.238. The van der Waals surface area contributed by atoms with Gasteiger partial charge in [0.1, 0.15) is 6.04 Å². The SMILES string of the molecule is COc1cc(N=Nc2ccc3c(c2)C(=O)N(C2CCC(=O)NC2=O)C3=O)cc(OC)c1O. The lowest BCUT2D eigenvalue weighted by molar-refractivity contribution is -0.136. The van der Waals surface area contributed by atoms with Crippen molar-refractivity contribution in [1.82, 2.24) is 10.2 Å². The van der Waals surface area contributed by atoms with Gasteiger partial charge < -0.3 is 14.6 Å². The molecular formula is C21H18N4O7. The van der Waals surface area contributed by atoms with E-state index in [0.717, 1.165) is 4.90 Å². The van der Waals surface area contributed by atoms with Crippen molar-refractivity contribution < 1.29 is 33.8 Å². The fourth-order valence-electron chi connectivity index (χ4n) is 3.57. The quantitative estimate of drug-likeness (QED) is 0.537. The third kappa shape index (κ3) is 3.53. The Balaban J connectivity index is 1.61. The van der Waals surface area contributed by atoms with Crippen molar-refractivity contribution in [2.45, 2.75) is 18.9 Å². The number of rotatable bonds is 5. The van der Waals surface area contributed by atoms with Crippen molar-refractivity contribution in [3.8, 4) is 17.2 Å². The van der Waals surface area contributed by atoms with Crippen LogP contribution < -0.4 is 14.8 Å². The highest BCUT2D eigenvalue weighted by Crippen LogP contribution is 2.40. The Morgan fingerprint density at radius 3 is 2.19 bits per heavy atom. The van der Waals surface area contributed by atoms with Gasteiger partial charge in [0.05, 0.1) is 36.7 Å². The number of methoxy groups -OCH3 is 2. The van der Waals surface area contributed by atoms with Gasteiger partial charge in [0.2, 0.25) is 17.6 Å². The molecule has 11 heteroatoms. The number of aromatic hydroxyl groups is 1. The lowest BCUT2D eigenvalue weighted by Crippen LogP contribution is -2.54. The molecule has 1 atom stereocenters. The van der Waals surface area contributed by atoms with E-state index < -0.39 is 29.7 Å². The molecule has 0 aromatic heterocycles. The topological polar surface area (TPSA) is 147 Å². The third-order valence-electron chi connectivity index (χ3n) is 5.17. The normalized spacial score (nSPS) is 18.2. The van der Waals surface area contributed by atoms with Crippen LogP contribution in [0.15, 0.2) is 40.6 Å². The van der Waals surface area contributed by atoms with Crippen LogP contribution in [0.3, 0.4) is 0 Å². The number of piperidine rings is 1. The Hall–Kier alpha value is -4.28. The summed E-state index contributed by atoms with van der Waals surface area (Å²) in [7, 11) is 2.76. The molecule has 0 aliphatic carbocycles. The summed E-state index contributed by atoms with van der Waals surface area (Å²) in [6.07, 6.45) is 0.121. The summed E-state index contributed by atoms with van der Waals surface area (Å²) >= 11 is 0. The lowest BCUT2D eigenvalue weighted by Gasteiger charge is -2.27. The number of nitrogens with zero attached hydrogens (tertiary/aromatic N) is 3. The first-order valence-electron chi connectivity index (χ1n) is 9.56. The largest absolute Gasteiger partial charge is 0.502 e. The van der Waals surface area contributed by atoms with Crippen LogP contribution >= 0.6 is 0 Å². The number of amides is 4. The first-order valence-corrected chi connectivity index (χ1v) is 9.56. The van der Waals surface area contributed by atoms with E-state index in [1.807, 2.05) is 0 Å². The summed E-state index contributed by atoms with van der Waals surface area (Å²) in [4.78, 5) is 50.0. The Morgan fingerprint density at radius 1 is 0.938 bits per heavy atom. The first kappa shape index (κ1) is 21.0. The van der Waals surface area contributed by atoms with E-state index in [1.165, 1.54) is 44.6 Å². The highest BCUT2D eigenvalue weighted by molar-refractivity contribution is 6.23. The molecule has 164 valence electrons. The fourth-order valence-corrected chi connectivity index (χ4v) is 3.57. The maximum Gasteiger partial charge on any atom is 0.262 e. The number of imide groups is 2. The van der Waals surface area contributed by atoms with Crippen molar-refractivity contribution in [1.29, 1.82) is 0 Å². The summed E-state index contributed by atoms with van der Waals surface area (Å²) in [6.45, 7) is 0. The van der Waals surface area contributed by atoms with E-state index in [0.29, 0.717) is 11.4 Å². The molecule has 2 heterocycles. The molecule has 2 aliphatic heterocycles. The molecule has 0 spiro atoms. The van der Waals surface area contributed by atoms with Crippen LogP contribution in [0.4, 0.5) is 11.4 Å². The molecule has 2 N–H and O–H groups in total. The van der Waals surface area contributed by atoms with Gasteiger partial charge in [-0.3, -0.25) is 29.4 Å². The monoisotopic (exact) mass is 438 g/mol. The zero-order chi connectivity index (χ0) is 23.0. The van der Waals surface area contributed by atoms with Gasteiger partial charge in [-0.1, -0.05) is 0 Å². The Morgan fingerprint density at radius 2 is 1.56 bits per heavy atom. The molecule has 2 aliphatic rings. The molecule has 0 radical (unpaired) electrons. The molecule has 4 amide bonds. The predicted molar refractivity (Wildman–Crippen MR) is 109 cm³/mol. The molecule has 32 heavy (non-hydrogen) atoms. The minimum absolute atomic E-state index is 0.0445. The van der Waals surface area contributed by atoms with Gasteiger partial charge in [0.15, 0.2) is 11.5 Å². The summed E-state index contributed by atoms with van der Waals surface area (Å²) < 4.78 is 10.2. The summed E-state index contributed by atoms with van der Waals surface area (Å²) in [5, 5.41) is 20.3. The Labute approximate surface area is 181 Å². The third-order valence-corrected chi connectivity index (χ3v) is 5.17. The molecular weight excluding hydrogens is 420 g/mol. The second-order valence-corrected chi connectivity index (χ2v) is 7.08. The van der Waals surface area contributed by atoms with Crippen molar-refractivity contribution >= 4 is 35.0 Å². The molecule has 11 nitrogen and oxygen atoms in total. The number of phenols is 1. The molecule has 0 saturated carbocycles. The van der Waals surface area contributed by atoms with E-state index in [1.54, 1.807) is 0 Å². The smallest absolute Gasteiger partial charge is 0.262 e. The number of nitrogens with one attached hydrogen (secondary N) is 1. The summed E-state index contributed by atoms with van der Waals surface area (Å²) in [5.74, 6) is -2.23. The average Bonchev–Trinajstić information content (AvgIpc) is 3.03. The second kappa shape index (κ2) is 8.10. The lowest BCUT2D eigenvalue weighted by atomic mass is 10.0. The van der Waals surface area contributed by atoms with Gasteiger partial charge in [0.25, 0.3) is 11.8 Å². The van der Waals surface area contributed by atoms with Crippen molar-refractivity contribution in [3.05, 3.63) is 41.5 Å². The molecule has 1 fully saturated rings. The first-order chi connectivity index (χ1) is 15.3. The van der Waals surface area contributed by atoms with Crippen LogP contribution in [0.25, 0.3) is 0 Å². The standard InChI is InChI=1S/C21H18N4O7/c1-31-15-8-11(9-16(32-2)18(15)27)24-23-10-3-4-12-13(7-10)21(30)25(20(12)29)14-5-6-17(26)22-19(14)28/h3-4,7-9,14,27H,5-6H2,1-2H3,(H,22,26,28). The molecule has 2 aromatic rings. The van der Waals surface area contributed by atoms with Gasteiger partial charge in [-0.15, -0.1) is 0 Å². The number of ether oxygens (including phenoxy) is 2. The number of phenolic OH excluding ortho intramolecular Hbond substituents is 1. The maximum absolute atomic E-state index is 12.9. The summed E-state index contributed by atoms with van der Waals surface area (Å²) in [6, 6.07) is 6.22. The second-order valence-electron chi connectivity index (χ2n) is 7.08. The molecule has 1 saturated heterocycles. The van der Waals surface area contributed by atoms with Gasteiger partial charge in [-0.25, -0.2) is 0 Å². The minimum Gasteiger partial charge on any atom is -0.502 e. The molecule has 0 bridgehead atoms. The average molecular weight is 438 g/mol. The summed E-state index contributed by atoms with van der Waals surface area (Å²) in [5.41, 5.74) is 0.856. The highest BCUT2D eigenvalue weighted by Gasteiger charge is 2.44. The van der Waals surface area contributed by atoms with Gasteiger partial charge in [-0.2, -0.15) is 10.2 Å². The zero-order valence-electron chi connectivity index (χ0n) is 17.1. The number of carbonyl (C=O) groups is 4. The van der Waals surface area contributed by atoms with Crippen LogP contribution in [0.5, 0.6) is 17.2 Å².